The van der Waals surface area contributed by atoms with Gasteiger partial charge in [-0.1, -0.05) is 0 Å². The Labute approximate surface area is 168 Å². The molecule has 150 valence electrons. The largest absolute Gasteiger partial charge is 0.481 e. The number of methoxy groups -OCH3 is 1. The summed E-state index contributed by atoms with van der Waals surface area (Å²) in [6.07, 6.45) is 1.58. The SMILES string of the molecule is COc1ccc(C(=O)N2CCN(c3nc(CN4CCOCC4)cs3)CC2)cn1. The van der Waals surface area contributed by atoms with Crippen LogP contribution in [0.15, 0.2) is 23.7 Å². The van der Waals surface area contributed by atoms with Gasteiger partial charge in [0.2, 0.25) is 5.88 Å². The average molecular weight is 404 g/mol. The summed E-state index contributed by atoms with van der Waals surface area (Å²) in [4.78, 5) is 28.1. The molecule has 0 N–H and O–H groups in total. The molecule has 0 unspecified atom stereocenters. The molecule has 0 atom stereocenters. The molecule has 8 nitrogen and oxygen atoms in total. The van der Waals surface area contributed by atoms with Gasteiger partial charge in [0.15, 0.2) is 5.13 Å². The molecule has 4 heterocycles. The van der Waals surface area contributed by atoms with Crippen LogP contribution in [0.5, 0.6) is 5.88 Å². The number of carbonyl (C=O) groups excluding carboxylic acids is 1. The predicted octanol–water partition coefficient (Wildman–Crippen LogP) is 1.34. The molecular weight excluding hydrogens is 378 g/mol. The Balaban J connectivity index is 1.30. The van der Waals surface area contributed by atoms with Gasteiger partial charge in [-0.25, -0.2) is 9.97 Å². The molecule has 2 aromatic heterocycles. The number of morpholine rings is 1. The minimum Gasteiger partial charge on any atom is -0.481 e. The number of thiazole rings is 1. The third-order valence-corrected chi connectivity index (χ3v) is 6.01. The van der Waals surface area contributed by atoms with Crippen molar-refractivity contribution < 1.29 is 14.3 Å². The summed E-state index contributed by atoms with van der Waals surface area (Å²) in [5.74, 6) is 0.528. The fourth-order valence-corrected chi connectivity index (χ4v) is 4.28. The number of nitrogens with zero attached hydrogens (tertiary/aromatic N) is 5. The molecule has 28 heavy (non-hydrogen) atoms. The van der Waals surface area contributed by atoms with Crippen LogP contribution in [0.3, 0.4) is 0 Å². The number of ether oxygens (including phenoxy) is 2. The standard InChI is InChI=1S/C19H25N5O3S/c1-26-17-3-2-15(12-20-17)18(25)23-4-6-24(7-5-23)19-21-16(14-28-19)13-22-8-10-27-11-9-22/h2-3,12,14H,4-11,13H2,1H3. The number of amides is 1. The van der Waals surface area contributed by atoms with Crippen molar-refractivity contribution in [2.75, 3.05) is 64.5 Å². The van der Waals surface area contributed by atoms with Gasteiger partial charge in [0, 0.05) is 63.5 Å². The molecule has 4 rings (SSSR count). The number of rotatable bonds is 5. The highest BCUT2D eigenvalue weighted by Crippen LogP contribution is 2.23. The second kappa shape index (κ2) is 8.85. The van der Waals surface area contributed by atoms with Gasteiger partial charge >= 0.3 is 0 Å². The van der Waals surface area contributed by atoms with Crippen molar-refractivity contribution >= 4 is 22.4 Å². The van der Waals surface area contributed by atoms with Crippen molar-refractivity contribution in [1.82, 2.24) is 19.8 Å². The van der Waals surface area contributed by atoms with Gasteiger partial charge in [0.05, 0.1) is 31.6 Å². The Morgan fingerprint density at radius 2 is 1.96 bits per heavy atom. The van der Waals surface area contributed by atoms with Crippen LogP contribution in [0.2, 0.25) is 0 Å². The maximum atomic E-state index is 12.7. The van der Waals surface area contributed by atoms with Crippen LogP contribution in [0, 0.1) is 0 Å². The number of pyridine rings is 1. The molecule has 0 saturated carbocycles. The Hall–Kier alpha value is -2.23. The zero-order valence-corrected chi connectivity index (χ0v) is 16.9. The van der Waals surface area contributed by atoms with E-state index in [4.69, 9.17) is 14.5 Å². The van der Waals surface area contributed by atoms with E-state index in [2.05, 4.69) is 20.2 Å². The molecule has 2 aliphatic rings. The third kappa shape index (κ3) is 4.43. The minimum atomic E-state index is 0.0157. The molecule has 2 fully saturated rings. The zero-order valence-electron chi connectivity index (χ0n) is 16.0. The summed E-state index contributed by atoms with van der Waals surface area (Å²) in [5, 5.41) is 3.19. The smallest absolute Gasteiger partial charge is 0.255 e. The van der Waals surface area contributed by atoms with Gasteiger partial charge in [-0.15, -0.1) is 11.3 Å². The van der Waals surface area contributed by atoms with Crippen LogP contribution < -0.4 is 9.64 Å². The lowest BCUT2D eigenvalue weighted by atomic mass is 10.2. The van der Waals surface area contributed by atoms with Crippen molar-refractivity contribution in [1.29, 1.82) is 0 Å². The fraction of sp³-hybridized carbons (Fsp3) is 0.526. The maximum absolute atomic E-state index is 12.7. The quantitative estimate of drug-likeness (QED) is 0.746. The zero-order chi connectivity index (χ0) is 19.3. The van der Waals surface area contributed by atoms with E-state index in [-0.39, 0.29) is 5.91 Å². The van der Waals surface area contributed by atoms with Crippen molar-refractivity contribution in [3.05, 3.63) is 35.0 Å². The van der Waals surface area contributed by atoms with E-state index >= 15 is 0 Å². The molecule has 2 saturated heterocycles. The van der Waals surface area contributed by atoms with Crippen LogP contribution in [-0.2, 0) is 11.3 Å². The Morgan fingerprint density at radius 3 is 2.64 bits per heavy atom. The molecule has 0 aromatic carbocycles. The molecule has 0 aliphatic carbocycles. The van der Waals surface area contributed by atoms with E-state index in [1.807, 2.05) is 4.90 Å². The molecule has 0 bridgehead atoms. The molecule has 0 radical (unpaired) electrons. The molecular formula is C19H25N5O3S. The van der Waals surface area contributed by atoms with Gasteiger partial charge in [-0.05, 0) is 6.07 Å². The van der Waals surface area contributed by atoms with Crippen LogP contribution in [0.25, 0.3) is 0 Å². The highest BCUT2D eigenvalue weighted by Gasteiger charge is 2.24. The number of aromatic nitrogens is 2. The molecule has 2 aromatic rings. The summed E-state index contributed by atoms with van der Waals surface area (Å²) in [6, 6.07) is 3.48. The lowest BCUT2D eigenvalue weighted by Gasteiger charge is -2.34. The highest BCUT2D eigenvalue weighted by atomic mass is 32.1. The lowest BCUT2D eigenvalue weighted by molar-refractivity contribution is 0.0337. The topological polar surface area (TPSA) is 71.0 Å². The van der Waals surface area contributed by atoms with Gasteiger partial charge < -0.3 is 19.3 Å². The van der Waals surface area contributed by atoms with Crippen LogP contribution in [0.4, 0.5) is 5.13 Å². The fourth-order valence-electron chi connectivity index (χ4n) is 3.41. The summed E-state index contributed by atoms with van der Waals surface area (Å²) in [5.41, 5.74) is 1.71. The number of anilines is 1. The first-order valence-corrected chi connectivity index (χ1v) is 10.4. The highest BCUT2D eigenvalue weighted by molar-refractivity contribution is 7.13. The Kier molecular flexibility index (Phi) is 6.04. The van der Waals surface area contributed by atoms with Crippen molar-refractivity contribution in [3.8, 4) is 5.88 Å². The van der Waals surface area contributed by atoms with E-state index in [0.717, 1.165) is 56.8 Å². The Bertz CT molecular complexity index is 783. The van der Waals surface area contributed by atoms with Crippen LogP contribution in [0.1, 0.15) is 16.1 Å². The van der Waals surface area contributed by atoms with Gasteiger partial charge in [0.25, 0.3) is 5.91 Å². The molecule has 2 aliphatic heterocycles. The molecule has 0 spiro atoms. The van der Waals surface area contributed by atoms with E-state index in [1.54, 1.807) is 36.8 Å². The Morgan fingerprint density at radius 1 is 1.18 bits per heavy atom. The summed E-state index contributed by atoms with van der Waals surface area (Å²) in [6.45, 7) is 7.37. The summed E-state index contributed by atoms with van der Waals surface area (Å²) < 4.78 is 10.5. The van der Waals surface area contributed by atoms with Gasteiger partial charge in [-0.2, -0.15) is 0 Å². The van der Waals surface area contributed by atoms with E-state index < -0.39 is 0 Å². The van der Waals surface area contributed by atoms with Crippen molar-refractivity contribution in [2.45, 2.75) is 6.54 Å². The van der Waals surface area contributed by atoms with Gasteiger partial charge in [-0.3, -0.25) is 9.69 Å². The first-order chi connectivity index (χ1) is 13.7. The van der Waals surface area contributed by atoms with Crippen LogP contribution >= 0.6 is 11.3 Å². The molecule has 1 amide bonds. The van der Waals surface area contributed by atoms with Crippen molar-refractivity contribution in [3.63, 3.8) is 0 Å². The first-order valence-electron chi connectivity index (χ1n) is 9.52. The van der Waals surface area contributed by atoms with Crippen molar-refractivity contribution in [2.24, 2.45) is 0 Å². The lowest BCUT2D eigenvalue weighted by Crippen LogP contribution is -2.48. The van der Waals surface area contributed by atoms with E-state index in [1.165, 1.54) is 0 Å². The number of hydrogen-bond donors (Lipinski definition) is 0. The minimum absolute atomic E-state index is 0.0157. The number of piperazine rings is 1. The monoisotopic (exact) mass is 403 g/mol. The summed E-state index contributed by atoms with van der Waals surface area (Å²) >= 11 is 1.68. The average Bonchev–Trinajstić information content (AvgIpc) is 3.22. The van der Waals surface area contributed by atoms with E-state index in [9.17, 15) is 4.79 Å². The normalized spacial score (nSPS) is 18.3. The third-order valence-electron chi connectivity index (χ3n) is 5.06. The second-order valence-corrected chi connectivity index (χ2v) is 7.71. The molecule has 9 heteroatoms. The maximum Gasteiger partial charge on any atom is 0.255 e. The summed E-state index contributed by atoms with van der Waals surface area (Å²) in [7, 11) is 1.56. The first kappa shape index (κ1) is 19.1. The van der Waals surface area contributed by atoms with E-state index in [0.29, 0.717) is 24.5 Å². The number of carbonyl (C=O) groups is 1. The number of hydrogen-bond acceptors (Lipinski definition) is 8. The van der Waals surface area contributed by atoms with Gasteiger partial charge in [0.1, 0.15) is 0 Å². The predicted molar refractivity (Wildman–Crippen MR) is 107 cm³/mol. The van der Waals surface area contributed by atoms with Crippen LogP contribution in [-0.4, -0.2) is 85.3 Å². The second-order valence-electron chi connectivity index (χ2n) is 6.88.